The molecule has 6 nitrogen and oxygen atoms in total. The Labute approximate surface area is 106 Å². The van der Waals surface area contributed by atoms with Gasteiger partial charge in [-0.25, -0.2) is 18.1 Å². The SMILES string of the molecule is CS(=O)(=O)NCCCn1cnc2cc(N)ccc21. The molecule has 0 atom stereocenters. The normalized spacial score (nSPS) is 12.1. The third-order valence-corrected chi connectivity index (χ3v) is 3.31. The van der Waals surface area contributed by atoms with Crippen LogP contribution in [0.2, 0.25) is 0 Å². The number of aromatic nitrogens is 2. The molecule has 2 rings (SSSR count). The van der Waals surface area contributed by atoms with E-state index < -0.39 is 10.0 Å². The lowest BCUT2D eigenvalue weighted by Gasteiger charge is -2.05. The van der Waals surface area contributed by atoms with E-state index in [0.717, 1.165) is 17.3 Å². The maximum absolute atomic E-state index is 10.9. The summed E-state index contributed by atoms with van der Waals surface area (Å²) in [6.45, 7) is 1.14. The zero-order valence-electron chi connectivity index (χ0n) is 10.1. The molecule has 1 aromatic heterocycles. The molecular formula is C11H16N4O2S. The van der Waals surface area contributed by atoms with Gasteiger partial charge in [0.25, 0.3) is 0 Å². The first kappa shape index (κ1) is 12.8. The van der Waals surface area contributed by atoms with Crippen LogP contribution in [0, 0.1) is 0 Å². The Morgan fingerprint density at radius 1 is 1.44 bits per heavy atom. The van der Waals surface area contributed by atoms with Gasteiger partial charge in [0, 0.05) is 18.8 Å². The molecule has 1 heterocycles. The third-order valence-electron chi connectivity index (χ3n) is 2.59. The fourth-order valence-corrected chi connectivity index (χ4v) is 2.28. The Hall–Kier alpha value is -1.60. The van der Waals surface area contributed by atoms with Crippen LogP contribution < -0.4 is 10.5 Å². The van der Waals surface area contributed by atoms with Crippen molar-refractivity contribution >= 4 is 26.7 Å². The highest BCUT2D eigenvalue weighted by molar-refractivity contribution is 7.88. The van der Waals surface area contributed by atoms with Crippen molar-refractivity contribution < 1.29 is 8.42 Å². The predicted molar refractivity (Wildman–Crippen MR) is 71.6 cm³/mol. The van der Waals surface area contributed by atoms with Crippen LogP contribution in [0.4, 0.5) is 5.69 Å². The minimum atomic E-state index is -3.10. The topological polar surface area (TPSA) is 90.0 Å². The Kier molecular flexibility index (Phi) is 3.53. The third kappa shape index (κ3) is 3.21. The average molecular weight is 268 g/mol. The highest BCUT2D eigenvalue weighted by Crippen LogP contribution is 2.16. The van der Waals surface area contributed by atoms with Crippen molar-refractivity contribution in [1.29, 1.82) is 0 Å². The minimum Gasteiger partial charge on any atom is -0.399 e. The summed E-state index contributed by atoms with van der Waals surface area (Å²) >= 11 is 0. The number of anilines is 1. The maximum atomic E-state index is 10.9. The lowest BCUT2D eigenvalue weighted by atomic mass is 10.3. The molecule has 0 spiro atoms. The highest BCUT2D eigenvalue weighted by atomic mass is 32.2. The number of rotatable bonds is 5. The van der Waals surface area contributed by atoms with Crippen LogP contribution in [0.5, 0.6) is 0 Å². The molecule has 0 bridgehead atoms. The Bertz CT molecular complexity index is 648. The quantitative estimate of drug-likeness (QED) is 0.612. The Balaban J connectivity index is 2.00. The number of nitrogens with two attached hydrogens (primary N) is 1. The number of nitrogens with zero attached hydrogens (tertiary/aromatic N) is 2. The van der Waals surface area contributed by atoms with Crippen LogP contribution in [-0.2, 0) is 16.6 Å². The van der Waals surface area contributed by atoms with Gasteiger partial charge in [-0.2, -0.15) is 0 Å². The summed E-state index contributed by atoms with van der Waals surface area (Å²) in [5.74, 6) is 0. The van der Waals surface area contributed by atoms with Gasteiger partial charge < -0.3 is 10.3 Å². The molecule has 7 heteroatoms. The predicted octanol–water partition coefficient (Wildman–Crippen LogP) is 0.558. The van der Waals surface area contributed by atoms with E-state index in [0.29, 0.717) is 25.2 Å². The van der Waals surface area contributed by atoms with Crippen molar-refractivity contribution in [3.63, 3.8) is 0 Å². The highest BCUT2D eigenvalue weighted by Gasteiger charge is 2.03. The standard InChI is InChI=1S/C11H16N4O2S/c1-18(16,17)14-5-2-6-15-8-13-10-7-9(12)3-4-11(10)15/h3-4,7-8,14H,2,5-6,12H2,1H3. The molecule has 98 valence electrons. The van der Waals surface area contributed by atoms with Crippen molar-refractivity contribution in [3.8, 4) is 0 Å². The van der Waals surface area contributed by atoms with E-state index in [2.05, 4.69) is 9.71 Å². The molecule has 0 aliphatic rings. The van der Waals surface area contributed by atoms with Crippen molar-refractivity contribution in [3.05, 3.63) is 24.5 Å². The van der Waals surface area contributed by atoms with Gasteiger partial charge >= 0.3 is 0 Å². The molecule has 0 radical (unpaired) electrons. The molecule has 0 saturated carbocycles. The molecule has 18 heavy (non-hydrogen) atoms. The largest absolute Gasteiger partial charge is 0.399 e. The van der Waals surface area contributed by atoms with E-state index in [-0.39, 0.29) is 0 Å². The average Bonchev–Trinajstić information content (AvgIpc) is 2.65. The number of sulfonamides is 1. The summed E-state index contributed by atoms with van der Waals surface area (Å²) < 4.78 is 26.2. The monoisotopic (exact) mass is 268 g/mol. The fourth-order valence-electron chi connectivity index (χ4n) is 1.77. The van der Waals surface area contributed by atoms with Crippen LogP contribution in [-0.4, -0.2) is 30.8 Å². The molecule has 0 aliphatic carbocycles. The van der Waals surface area contributed by atoms with Crippen LogP contribution in [0.25, 0.3) is 11.0 Å². The number of hydrogen-bond acceptors (Lipinski definition) is 4. The second-order valence-corrected chi connectivity index (χ2v) is 6.04. The molecule has 0 amide bonds. The minimum absolute atomic E-state index is 0.424. The van der Waals surface area contributed by atoms with Gasteiger partial charge in [-0.05, 0) is 24.6 Å². The molecule has 0 saturated heterocycles. The van der Waals surface area contributed by atoms with Crippen molar-refractivity contribution in [1.82, 2.24) is 14.3 Å². The first-order chi connectivity index (χ1) is 8.46. The van der Waals surface area contributed by atoms with Crippen molar-refractivity contribution in [2.75, 3.05) is 18.5 Å². The van der Waals surface area contributed by atoms with E-state index in [1.807, 2.05) is 22.8 Å². The number of nitrogens with one attached hydrogen (secondary N) is 1. The van der Waals surface area contributed by atoms with E-state index in [9.17, 15) is 8.42 Å². The lowest BCUT2D eigenvalue weighted by molar-refractivity contribution is 0.577. The van der Waals surface area contributed by atoms with Crippen LogP contribution in [0.15, 0.2) is 24.5 Å². The maximum Gasteiger partial charge on any atom is 0.208 e. The molecule has 1 aromatic carbocycles. The number of nitrogen functional groups attached to an aromatic ring is 1. The summed E-state index contributed by atoms with van der Waals surface area (Å²) in [7, 11) is -3.10. The summed E-state index contributed by atoms with van der Waals surface area (Å²) in [5.41, 5.74) is 8.22. The number of benzene rings is 1. The second kappa shape index (κ2) is 4.95. The van der Waals surface area contributed by atoms with Gasteiger partial charge in [-0.15, -0.1) is 0 Å². The molecule has 0 fully saturated rings. The van der Waals surface area contributed by atoms with Crippen LogP contribution in [0.1, 0.15) is 6.42 Å². The number of hydrogen-bond donors (Lipinski definition) is 2. The summed E-state index contributed by atoms with van der Waals surface area (Å²) in [5, 5.41) is 0. The van der Waals surface area contributed by atoms with Gasteiger partial charge in [-0.3, -0.25) is 0 Å². The molecule has 0 unspecified atom stereocenters. The van der Waals surface area contributed by atoms with Gasteiger partial charge in [0.2, 0.25) is 10.0 Å². The van der Waals surface area contributed by atoms with Gasteiger partial charge in [-0.1, -0.05) is 0 Å². The number of imidazole rings is 1. The molecule has 3 N–H and O–H groups in total. The lowest BCUT2D eigenvalue weighted by Crippen LogP contribution is -2.23. The molecular weight excluding hydrogens is 252 g/mol. The van der Waals surface area contributed by atoms with Gasteiger partial charge in [0.1, 0.15) is 0 Å². The zero-order valence-corrected chi connectivity index (χ0v) is 10.9. The fraction of sp³-hybridized carbons (Fsp3) is 0.364. The Morgan fingerprint density at radius 3 is 2.94 bits per heavy atom. The summed E-state index contributed by atoms with van der Waals surface area (Å²) in [4.78, 5) is 4.25. The summed E-state index contributed by atoms with van der Waals surface area (Å²) in [6.07, 6.45) is 3.61. The first-order valence-corrected chi connectivity index (χ1v) is 7.50. The Morgan fingerprint density at radius 2 is 2.22 bits per heavy atom. The molecule has 2 aromatic rings. The van der Waals surface area contributed by atoms with Crippen LogP contribution in [0.3, 0.4) is 0 Å². The number of fused-ring (bicyclic) bond motifs is 1. The van der Waals surface area contributed by atoms with Crippen molar-refractivity contribution in [2.45, 2.75) is 13.0 Å². The first-order valence-electron chi connectivity index (χ1n) is 5.61. The van der Waals surface area contributed by atoms with E-state index in [1.165, 1.54) is 0 Å². The smallest absolute Gasteiger partial charge is 0.208 e. The van der Waals surface area contributed by atoms with E-state index >= 15 is 0 Å². The summed E-state index contributed by atoms with van der Waals surface area (Å²) in [6, 6.07) is 5.57. The van der Waals surface area contributed by atoms with E-state index in [1.54, 1.807) is 6.33 Å². The number of aryl methyl sites for hydroxylation is 1. The molecule has 0 aliphatic heterocycles. The van der Waals surface area contributed by atoms with Gasteiger partial charge in [0.05, 0.1) is 23.6 Å². The second-order valence-electron chi connectivity index (χ2n) is 4.21. The van der Waals surface area contributed by atoms with Crippen molar-refractivity contribution in [2.24, 2.45) is 0 Å². The van der Waals surface area contributed by atoms with Gasteiger partial charge in [0.15, 0.2) is 0 Å². The van der Waals surface area contributed by atoms with Crippen LogP contribution >= 0.6 is 0 Å². The zero-order chi connectivity index (χ0) is 13.2. The van der Waals surface area contributed by atoms with E-state index in [4.69, 9.17) is 5.73 Å².